The first-order valence-electron chi connectivity index (χ1n) is 2.89. The lowest BCUT2D eigenvalue weighted by molar-refractivity contribution is -0.112. The van der Waals surface area contributed by atoms with Crippen molar-refractivity contribution in [3.8, 4) is 0 Å². The lowest BCUT2D eigenvalue weighted by Gasteiger charge is -2.03. The maximum atomic E-state index is 10.4. The van der Waals surface area contributed by atoms with Crippen molar-refractivity contribution in [3.63, 3.8) is 0 Å². The summed E-state index contributed by atoms with van der Waals surface area (Å²) in [6.07, 6.45) is 0.648. The van der Waals surface area contributed by atoms with Crippen LogP contribution in [0.4, 0.5) is 0 Å². The molecule has 5 heteroatoms. The van der Waals surface area contributed by atoms with Crippen molar-refractivity contribution in [3.05, 3.63) is 0 Å². The van der Waals surface area contributed by atoms with Gasteiger partial charge in [-0.3, -0.25) is 4.79 Å². The topological polar surface area (TPSA) is 34.1 Å². The molecule has 2 unspecified atom stereocenters. The Labute approximate surface area is 70.5 Å². The van der Waals surface area contributed by atoms with Crippen LogP contribution in [0.5, 0.6) is 0 Å². The zero-order valence-electron chi connectivity index (χ0n) is 5.56. The molecule has 0 heterocycles. The van der Waals surface area contributed by atoms with Crippen molar-refractivity contribution in [2.75, 3.05) is 6.16 Å². The van der Waals surface area contributed by atoms with Crippen LogP contribution in [-0.4, -0.2) is 11.4 Å². The number of carbonyl (C=O) groups excluding carboxylic acids is 1. The summed E-state index contributed by atoms with van der Waals surface area (Å²) in [6.45, 7) is 1.80. The van der Waals surface area contributed by atoms with Gasteiger partial charge >= 0.3 is 0 Å². The second kappa shape index (κ2) is 5.17. The van der Waals surface area contributed by atoms with Gasteiger partial charge in [0.25, 0.3) is 0 Å². The van der Waals surface area contributed by atoms with Gasteiger partial charge in [0.2, 0.25) is 5.24 Å². The molecule has 0 radical (unpaired) electrons. The van der Waals surface area contributed by atoms with Crippen molar-refractivity contribution in [2.45, 2.75) is 13.3 Å². The van der Waals surface area contributed by atoms with E-state index >= 15 is 0 Å². The third-order valence-electron chi connectivity index (χ3n) is 1.02. The van der Waals surface area contributed by atoms with Gasteiger partial charge in [-0.05, 0) is 17.5 Å². The van der Waals surface area contributed by atoms with Crippen LogP contribution in [0.3, 0.4) is 0 Å². The molecule has 0 saturated carbocycles. The summed E-state index contributed by atoms with van der Waals surface area (Å²) in [4.78, 5) is 10.3. The van der Waals surface area contributed by atoms with Crippen molar-refractivity contribution in [2.24, 2.45) is 5.92 Å². The highest BCUT2D eigenvalue weighted by Crippen LogP contribution is 2.30. The number of halogens is 2. The van der Waals surface area contributed by atoms with Crippen molar-refractivity contribution < 1.29 is 9.36 Å². The van der Waals surface area contributed by atoms with E-state index in [1.54, 1.807) is 6.92 Å². The van der Waals surface area contributed by atoms with E-state index in [9.17, 15) is 9.36 Å². The fraction of sp³-hybridized carbons (Fsp3) is 0.800. The minimum Gasteiger partial charge on any atom is -0.310 e. The molecule has 0 aliphatic heterocycles. The molecule has 0 rings (SSSR count). The lowest BCUT2D eigenvalue weighted by Crippen LogP contribution is -2.01. The van der Waals surface area contributed by atoms with E-state index in [0.29, 0.717) is 6.16 Å². The summed E-state index contributed by atoms with van der Waals surface area (Å²) in [5, 5.41) is -0.396. The maximum Gasteiger partial charge on any atom is 0.221 e. The Balaban J connectivity index is 3.53. The highest BCUT2D eigenvalue weighted by atomic mass is 35.7. The number of hydrogen-bond donors (Lipinski definition) is 0. The van der Waals surface area contributed by atoms with Gasteiger partial charge in [-0.1, -0.05) is 18.2 Å². The van der Waals surface area contributed by atoms with Crippen molar-refractivity contribution in [1.82, 2.24) is 0 Å². The van der Waals surface area contributed by atoms with Crippen LogP contribution in [0, 0.1) is 5.92 Å². The first kappa shape index (κ1) is 10.5. The van der Waals surface area contributed by atoms with Crippen LogP contribution < -0.4 is 0 Å². The Morgan fingerprint density at radius 2 is 2.20 bits per heavy atom. The SMILES string of the molecule is CC(CC(=O)Cl)C[PH](=O)Cl. The summed E-state index contributed by atoms with van der Waals surface area (Å²) < 4.78 is 10.4. The summed E-state index contributed by atoms with van der Waals surface area (Å²) in [7, 11) is -1.97. The third-order valence-corrected chi connectivity index (χ3v) is 2.65. The molecule has 0 N–H and O–H groups in total. The molecule has 0 aliphatic rings. The van der Waals surface area contributed by atoms with E-state index in [1.807, 2.05) is 0 Å². The summed E-state index contributed by atoms with van der Waals surface area (Å²) in [6, 6.07) is 0. The molecule has 0 fully saturated rings. The Morgan fingerprint density at radius 1 is 1.70 bits per heavy atom. The average Bonchev–Trinajstić information content (AvgIpc) is 1.58. The highest BCUT2D eigenvalue weighted by molar-refractivity contribution is 7.73. The summed E-state index contributed by atoms with van der Waals surface area (Å²) in [5.74, 6) is 0.0360. The monoisotopic (exact) mass is 202 g/mol. The molecule has 0 aromatic carbocycles. The molecule has 60 valence electrons. The highest BCUT2D eigenvalue weighted by Gasteiger charge is 2.08. The molecule has 0 aromatic heterocycles. The fourth-order valence-corrected chi connectivity index (χ4v) is 2.37. The van der Waals surface area contributed by atoms with Crippen LogP contribution in [0.1, 0.15) is 13.3 Å². The quantitative estimate of drug-likeness (QED) is 0.519. The molecular weight excluding hydrogens is 194 g/mol. The molecule has 0 aliphatic carbocycles. The molecule has 0 bridgehead atoms. The fourth-order valence-electron chi connectivity index (χ4n) is 0.620. The second-order valence-electron chi connectivity index (χ2n) is 2.22. The summed E-state index contributed by atoms with van der Waals surface area (Å²) in [5.41, 5.74) is 0. The van der Waals surface area contributed by atoms with E-state index < -0.39 is 12.4 Å². The van der Waals surface area contributed by atoms with Gasteiger partial charge in [0, 0.05) is 12.6 Å². The normalized spacial score (nSPS) is 16.3. The molecule has 2 nitrogen and oxygen atoms in total. The zero-order valence-corrected chi connectivity index (χ0v) is 8.08. The van der Waals surface area contributed by atoms with Gasteiger partial charge in [0.1, 0.15) is 0 Å². The minimum atomic E-state index is -1.97. The molecule has 0 amide bonds. The molecule has 0 spiro atoms. The first-order valence-corrected chi connectivity index (χ1v) is 5.89. The lowest BCUT2D eigenvalue weighted by atomic mass is 10.1. The average molecular weight is 203 g/mol. The zero-order chi connectivity index (χ0) is 8.15. The van der Waals surface area contributed by atoms with E-state index in [4.69, 9.17) is 22.8 Å². The Hall–Kier alpha value is 0.480. The summed E-state index contributed by atoms with van der Waals surface area (Å²) >= 11 is 10.3. The maximum absolute atomic E-state index is 10.4. The number of rotatable bonds is 4. The standard InChI is InChI=1S/C5H9Cl2O2P/c1-4(2-5(6)8)3-10(7)9/h4,10H,2-3H2,1H3. The van der Waals surface area contributed by atoms with Gasteiger partial charge in [0.05, 0.1) is 0 Å². The van der Waals surface area contributed by atoms with Gasteiger partial charge < -0.3 is 4.57 Å². The number of carbonyl (C=O) groups is 1. The van der Waals surface area contributed by atoms with Gasteiger partial charge in [-0.2, -0.15) is 0 Å². The molecule has 0 saturated heterocycles. The van der Waals surface area contributed by atoms with E-state index in [-0.39, 0.29) is 12.3 Å². The van der Waals surface area contributed by atoms with E-state index in [0.717, 1.165) is 0 Å². The Kier molecular flexibility index (Phi) is 5.42. The van der Waals surface area contributed by atoms with Gasteiger partial charge in [-0.15, -0.1) is 0 Å². The van der Waals surface area contributed by atoms with E-state index in [2.05, 4.69) is 0 Å². The second-order valence-corrected chi connectivity index (χ2v) is 5.03. The third kappa shape index (κ3) is 6.60. The van der Waals surface area contributed by atoms with Gasteiger partial charge in [0.15, 0.2) is 7.15 Å². The van der Waals surface area contributed by atoms with Crippen LogP contribution >= 0.6 is 30.0 Å². The van der Waals surface area contributed by atoms with Crippen molar-refractivity contribution >= 4 is 35.2 Å². The van der Waals surface area contributed by atoms with Crippen LogP contribution in [0.25, 0.3) is 0 Å². The molecule has 2 atom stereocenters. The molecule has 0 aromatic rings. The predicted octanol–water partition coefficient (Wildman–Crippen LogP) is 2.49. The largest absolute Gasteiger partial charge is 0.310 e. The van der Waals surface area contributed by atoms with Crippen LogP contribution in [0.15, 0.2) is 0 Å². The first-order chi connectivity index (χ1) is 4.52. The number of hydrogen-bond acceptors (Lipinski definition) is 2. The Bertz CT molecular complexity index is 133. The Morgan fingerprint density at radius 3 is 2.50 bits per heavy atom. The van der Waals surface area contributed by atoms with Crippen LogP contribution in [-0.2, 0) is 9.36 Å². The van der Waals surface area contributed by atoms with Gasteiger partial charge in [-0.25, -0.2) is 0 Å². The van der Waals surface area contributed by atoms with Crippen molar-refractivity contribution in [1.29, 1.82) is 0 Å². The van der Waals surface area contributed by atoms with E-state index in [1.165, 1.54) is 0 Å². The smallest absolute Gasteiger partial charge is 0.221 e. The molecular formula is C5H9Cl2O2P. The van der Waals surface area contributed by atoms with Crippen LogP contribution in [0.2, 0.25) is 0 Å². The molecule has 10 heavy (non-hydrogen) atoms. The predicted molar refractivity (Wildman–Crippen MR) is 44.4 cm³/mol. The minimum absolute atomic E-state index is 0.0360.